The van der Waals surface area contributed by atoms with E-state index in [2.05, 4.69) is 4.74 Å². The van der Waals surface area contributed by atoms with Crippen molar-refractivity contribution in [3.05, 3.63) is 39.4 Å². The average Bonchev–Trinajstić information content (AvgIpc) is 2.26. The summed E-state index contributed by atoms with van der Waals surface area (Å²) in [5, 5.41) is 20.2. The van der Waals surface area contributed by atoms with E-state index in [-0.39, 0.29) is 11.1 Å². The van der Waals surface area contributed by atoms with Crippen molar-refractivity contribution in [1.29, 1.82) is 0 Å². The minimum atomic E-state index is -1.02. The minimum absolute atomic E-state index is 0.0906. The van der Waals surface area contributed by atoms with Crippen molar-refractivity contribution < 1.29 is 19.6 Å². The molecule has 6 nitrogen and oxygen atoms in total. The Bertz CT molecular complexity index is 427. The van der Waals surface area contributed by atoms with Crippen LogP contribution in [-0.2, 0) is 4.74 Å². The molecule has 16 heavy (non-hydrogen) atoms. The monoisotopic (exact) mass is 225 g/mol. The fourth-order valence-corrected chi connectivity index (χ4v) is 1.38. The number of rotatable bonds is 3. The maximum atomic E-state index is 11.3. The molecule has 6 heteroatoms. The van der Waals surface area contributed by atoms with Crippen molar-refractivity contribution in [3.8, 4) is 0 Å². The van der Waals surface area contributed by atoms with Crippen LogP contribution in [0.4, 0.5) is 5.69 Å². The molecule has 0 aliphatic rings. The van der Waals surface area contributed by atoms with Crippen LogP contribution in [0.1, 0.15) is 28.9 Å². The number of ether oxygens (including phenoxy) is 1. The van der Waals surface area contributed by atoms with Gasteiger partial charge in [-0.15, -0.1) is 0 Å². The molecular weight excluding hydrogens is 214 g/mol. The highest BCUT2D eigenvalue weighted by molar-refractivity contribution is 5.94. The summed E-state index contributed by atoms with van der Waals surface area (Å²) in [7, 11) is 1.14. The van der Waals surface area contributed by atoms with Gasteiger partial charge in [0.05, 0.1) is 23.7 Å². The third kappa shape index (κ3) is 2.17. The van der Waals surface area contributed by atoms with E-state index in [0.717, 1.165) is 7.11 Å². The van der Waals surface area contributed by atoms with Crippen molar-refractivity contribution in [1.82, 2.24) is 0 Å². The maximum absolute atomic E-state index is 11.3. The van der Waals surface area contributed by atoms with Crippen LogP contribution in [0.2, 0.25) is 0 Å². The van der Waals surface area contributed by atoms with E-state index in [4.69, 9.17) is 0 Å². The molecule has 1 aromatic carbocycles. The van der Waals surface area contributed by atoms with Crippen LogP contribution in [0.3, 0.4) is 0 Å². The summed E-state index contributed by atoms with van der Waals surface area (Å²) in [5.74, 6) is -0.797. The minimum Gasteiger partial charge on any atom is -0.465 e. The summed E-state index contributed by atoms with van der Waals surface area (Å²) >= 11 is 0. The summed E-state index contributed by atoms with van der Waals surface area (Å²) in [6, 6.07) is 4.15. The van der Waals surface area contributed by atoms with E-state index < -0.39 is 22.7 Å². The van der Waals surface area contributed by atoms with Crippen molar-refractivity contribution >= 4 is 11.7 Å². The van der Waals surface area contributed by atoms with Gasteiger partial charge in [-0.25, -0.2) is 4.79 Å². The van der Waals surface area contributed by atoms with E-state index >= 15 is 0 Å². The second-order valence-corrected chi connectivity index (χ2v) is 3.17. The number of esters is 1. The number of nitro groups is 1. The van der Waals surface area contributed by atoms with Gasteiger partial charge in [-0.05, 0) is 19.1 Å². The maximum Gasteiger partial charge on any atom is 0.344 e. The highest BCUT2D eigenvalue weighted by Crippen LogP contribution is 2.29. The van der Waals surface area contributed by atoms with E-state index in [9.17, 15) is 20.0 Å². The van der Waals surface area contributed by atoms with Gasteiger partial charge in [-0.2, -0.15) is 0 Å². The molecule has 0 radical (unpaired) electrons. The van der Waals surface area contributed by atoms with Crippen LogP contribution < -0.4 is 0 Å². The van der Waals surface area contributed by atoms with Crippen LogP contribution in [0.5, 0.6) is 0 Å². The van der Waals surface area contributed by atoms with Gasteiger partial charge in [-0.1, -0.05) is 6.07 Å². The topological polar surface area (TPSA) is 89.7 Å². The quantitative estimate of drug-likeness (QED) is 0.477. The Morgan fingerprint density at radius 1 is 1.56 bits per heavy atom. The van der Waals surface area contributed by atoms with Crippen LogP contribution in [0.15, 0.2) is 18.2 Å². The number of nitro benzene ring substituents is 1. The number of carbonyl (C=O) groups is 1. The lowest BCUT2D eigenvalue weighted by molar-refractivity contribution is -0.386. The molecule has 1 rings (SSSR count). The predicted octanol–water partition coefficient (Wildman–Crippen LogP) is 1.43. The Labute approximate surface area is 91.6 Å². The van der Waals surface area contributed by atoms with Crippen molar-refractivity contribution in [3.63, 3.8) is 0 Å². The number of methoxy groups -OCH3 is 1. The largest absolute Gasteiger partial charge is 0.465 e. The van der Waals surface area contributed by atoms with Gasteiger partial charge in [0.15, 0.2) is 0 Å². The van der Waals surface area contributed by atoms with E-state index in [0.29, 0.717) is 0 Å². The summed E-state index contributed by atoms with van der Waals surface area (Å²) in [5.41, 5.74) is -0.483. The zero-order chi connectivity index (χ0) is 12.3. The Hall–Kier alpha value is -1.95. The molecule has 0 fully saturated rings. The number of nitrogens with zero attached hydrogens (tertiary/aromatic N) is 1. The number of hydrogen-bond acceptors (Lipinski definition) is 5. The highest BCUT2D eigenvalue weighted by Gasteiger charge is 2.26. The molecule has 0 bridgehead atoms. The van der Waals surface area contributed by atoms with Crippen LogP contribution in [0.25, 0.3) is 0 Å². The van der Waals surface area contributed by atoms with Crippen LogP contribution in [0, 0.1) is 10.1 Å². The van der Waals surface area contributed by atoms with Crippen molar-refractivity contribution in [2.75, 3.05) is 7.11 Å². The number of para-hydroxylation sites is 1. The van der Waals surface area contributed by atoms with Gasteiger partial charge in [0.2, 0.25) is 0 Å². The second kappa shape index (κ2) is 4.71. The normalized spacial score (nSPS) is 11.9. The Kier molecular flexibility index (Phi) is 3.57. The lowest BCUT2D eigenvalue weighted by Crippen LogP contribution is -2.09. The Balaban J connectivity index is 3.44. The van der Waals surface area contributed by atoms with E-state index in [1.54, 1.807) is 0 Å². The van der Waals surface area contributed by atoms with Gasteiger partial charge in [-0.3, -0.25) is 10.1 Å². The SMILES string of the molecule is COC(=O)c1cccc(C(C)O)c1[N+](=O)[O-]. The fourth-order valence-electron chi connectivity index (χ4n) is 1.38. The summed E-state index contributed by atoms with van der Waals surface area (Å²) in [6.45, 7) is 1.39. The molecule has 0 amide bonds. The number of benzene rings is 1. The molecule has 0 aliphatic heterocycles. The second-order valence-electron chi connectivity index (χ2n) is 3.17. The van der Waals surface area contributed by atoms with Gasteiger partial charge in [0.1, 0.15) is 5.56 Å². The third-order valence-electron chi connectivity index (χ3n) is 2.11. The first-order valence-corrected chi connectivity index (χ1v) is 4.52. The molecule has 1 N–H and O–H groups in total. The molecule has 1 atom stereocenters. The van der Waals surface area contributed by atoms with E-state index in [1.165, 1.54) is 25.1 Å². The third-order valence-corrected chi connectivity index (χ3v) is 2.11. The fraction of sp³-hybridized carbons (Fsp3) is 0.300. The van der Waals surface area contributed by atoms with Crippen molar-refractivity contribution in [2.45, 2.75) is 13.0 Å². The van der Waals surface area contributed by atoms with Gasteiger partial charge in [0.25, 0.3) is 5.69 Å². The number of hydrogen-bond donors (Lipinski definition) is 1. The molecule has 86 valence electrons. The average molecular weight is 225 g/mol. The first kappa shape index (κ1) is 12.1. The zero-order valence-electron chi connectivity index (χ0n) is 8.84. The molecule has 0 aliphatic carbocycles. The smallest absolute Gasteiger partial charge is 0.344 e. The highest BCUT2D eigenvalue weighted by atomic mass is 16.6. The molecule has 0 aromatic heterocycles. The first-order valence-electron chi connectivity index (χ1n) is 4.52. The molecule has 0 saturated heterocycles. The standard InChI is InChI=1S/C10H11NO5/c1-6(12)7-4-3-5-8(10(13)16-2)9(7)11(14)15/h3-6,12H,1-2H3. The molecule has 0 saturated carbocycles. The number of aliphatic hydroxyl groups is 1. The predicted molar refractivity (Wildman–Crippen MR) is 55.1 cm³/mol. The molecule has 1 aromatic rings. The lowest BCUT2D eigenvalue weighted by Gasteiger charge is -2.08. The Morgan fingerprint density at radius 2 is 2.19 bits per heavy atom. The zero-order valence-corrected chi connectivity index (χ0v) is 8.84. The molecule has 0 spiro atoms. The number of carbonyl (C=O) groups excluding carboxylic acids is 1. The van der Waals surface area contributed by atoms with Gasteiger partial charge < -0.3 is 9.84 Å². The summed E-state index contributed by atoms with van der Waals surface area (Å²) < 4.78 is 4.44. The van der Waals surface area contributed by atoms with Gasteiger partial charge in [0, 0.05) is 0 Å². The lowest BCUT2D eigenvalue weighted by atomic mass is 10.0. The summed E-state index contributed by atoms with van der Waals surface area (Å²) in [4.78, 5) is 21.5. The Morgan fingerprint density at radius 3 is 2.62 bits per heavy atom. The van der Waals surface area contributed by atoms with Crippen LogP contribution in [-0.4, -0.2) is 23.1 Å². The number of aliphatic hydroxyl groups excluding tert-OH is 1. The van der Waals surface area contributed by atoms with Crippen molar-refractivity contribution in [2.24, 2.45) is 0 Å². The summed E-state index contributed by atoms with van der Waals surface area (Å²) in [6.07, 6.45) is -1.02. The molecule has 1 unspecified atom stereocenters. The van der Waals surface area contributed by atoms with E-state index in [1.807, 2.05) is 0 Å². The van der Waals surface area contributed by atoms with Gasteiger partial charge >= 0.3 is 5.97 Å². The van der Waals surface area contributed by atoms with Crippen LogP contribution >= 0.6 is 0 Å². The first-order chi connectivity index (χ1) is 7.49. The molecule has 0 heterocycles. The molecular formula is C10H11NO5.